The maximum absolute atomic E-state index is 5.60. The van der Waals surface area contributed by atoms with E-state index < -0.39 is 0 Å². The summed E-state index contributed by atoms with van der Waals surface area (Å²) in [6.07, 6.45) is 0. The van der Waals surface area contributed by atoms with Gasteiger partial charge in [-0.2, -0.15) is 9.97 Å². The van der Waals surface area contributed by atoms with E-state index >= 15 is 0 Å². The van der Waals surface area contributed by atoms with Gasteiger partial charge in [-0.05, 0) is 139 Å². The lowest BCUT2D eigenvalue weighted by molar-refractivity contribution is 1.02. The number of rotatable bonds is 10. The highest BCUT2D eigenvalue weighted by Gasteiger charge is 2.26. The number of aryl methyl sites for hydroxylation is 6. The Hall–Kier alpha value is -8.67. The zero-order chi connectivity index (χ0) is 47.9. The first kappa shape index (κ1) is 43.9. The molecule has 1 heterocycles. The van der Waals surface area contributed by atoms with Gasteiger partial charge in [0.05, 0.1) is 17.1 Å². The van der Waals surface area contributed by atoms with E-state index in [-0.39, 0.29) is 0 Å². The van der Waals surface area contributed by atoms with Crippen LogP contribution >= 0.6 is 0 Å². The number of hydrogen-bond acceptors (Lipinski definition) is 5. The smallest absolute Gasteiger partial charge is 0.238 e. The van der Waals surface area contributed by atoms with E-state index in [0.717, 1.165) is 72.0 Å². The highest BCUT2D eigenvalue weighted by atomic mass is 15.3. The van der Waals surface area contributed by atoms with E-state index in [0.29, 0.717) is 17.6 Å². The Bertz CT molecular complexity index is 3610. The molecular formula is C65H53N5. The molecule has 0 radical (unpaired) electrons. The van der Waals surface area contributed by atoms with Crippen molar-refractivity contribution in [2.24, 2.45) is 0 Å². The first-order chi connectivity index (χ1) is 34.2. The van der Waals surface area contributed by atoms with E-state index in [9.17, 15) is 0 Å². The lowest BCUT2D eigenvalue weighted by Gasteiger charge is -2.32. The normalized spacial score (nSPS) is 11.3. The van der Waals surface area contributed by atoms with Crippen LogP contribution in [0.15, 0.2) is 212 Å². The SMILES string of the molecule is Cc1cc(C)c(N(c2ccc(N(c3nc(-c4ccccc4)nc(-c4ccc5ccccc5c4-c4ccccc4)n3)c3cc4ccccc4cc3-c3ccccc3)cc2)c2c(C)cc(C)cc2C)c(C)c1. The average molecular weight is 904 g/mol. The Morgan fingerprint density at radius 3 is 1.36 bits per heavy atom. The van der Waals surface area contributed by atoms with E-state index in [2.05, 4.69) is 245 Å². The van der Waals surface area contributed by atoms with Gasteiger partial charge in [0.1, 0.15) is 0 Å². The molecule has 0 atom stereocenters. The minimum Gasteiger partial charge on any atom is -0.309 e. The third-order valence-electron chi connectivity index (χ3n) is 13.4. The molecule has 338 valence electrons. The molecule has 10 aromatic carbocycles. The summed E-state index contributed by atoms with van der Waals surface area (Å²) in [6, 6.07) is 75.6. The highest BCUT2D eigenvalue weighted by Crippen LogP contribution is 2.47. The van der Waals surface area contributed by atoms with Crippen molar-refractivity contribution in [1.82, 2.24) is 15.0 Å². The maximum Gasteiger partial charge on any atom is 0.238 e. The van der Waals surface area contributed by atoms with Gasteiger partial charge in [0, 0.05) is 33.6 Å². The van der Waals surface area contributed by atoms with Gasteiger partial charge in [0.15, 0.2) is 11.6 Å². The molecule has 11 rings (SSSR count). The van der Waals surface area contributed by atoms with Crippen LogP contribution in [0, 0.1) is 41.5 Å². The van der Waals surface area contributed by atoms with Crippen molar-refractivity contribution in [3.05, 3.63) is 246 Å². The van der Waals surface area contributed by atoms with E-state index in [1.165, 1.54) is 44.8 Å². The quantitative estimate of drug-likeness (QED) is 0.137. The van der Waals surface area contributed by atoms with Crippen molar-refractivity contribution in [3.63, 3.8) is 0 Å². The number of benzene rings is 10. The summed E-state index contributed by atoms with van der Waals surface area (Å²) >= 11 is 0. The monoisotopic (exact) mass is 903 g/mol. The second-order valence-corrected chi connectivity index (χ2v) is 18.5. The van der Waals surface area contributed by atoms with Crippen LogP contribution in [-0.4, -0.2) is 15.0 Å². The van der Waals surface area contributed by atoms with E-state index in [1.807, 2.05) is 18.2 Å². The van der Waals surface area contributed by atoms with Crippen LogP contribution in [0.4, 0.5) is 34.4 Å². The fraction of sp³-hybridized carbons (Fsp3) is 0.0923. The van der Waals surface area contributed by atoms with Crippen LogP contribution < -0.4 is 9.80 Å². The number of nitrogens with zero attached hydrogens (tertiary/aromatic N) is 5. The van der Waals surface area contributed by atoms with Crippen molar-refractivity contribution in [2.75, 3.05) is 9.80 Å². The predicted molar refractivity (Wildman–Crippen MR) is 294 cm³/mol. The molecule has 1 aromatic heterocycles. The fourth-order valence-corrected chi connectivity index (χ4v) is 10.5. The van der Waals surface area contributed by atoms with E-state index in [4.69, 9.17) is 15.0 Å². The van der Waals surface area contributed by atoms with Gasteiger partial charge in [0.25, 0.3) is 0 Å². The Labute approximate surface area is 411 Å². The Morgan fingerprint density at radius 2 is 0.786 bits per heavy atom. The van der Waals surface area contributed by atoms with Crippen LogP contribution in [0.1, 0.15) is 33.4 Å². The lowest BCUT2D eigenvalue weighted by Crippen LogP contribution is -2.18. The molecule has 70 heavy (non-hydrogen) atoms. The molecule has 0 N–H and O–H groups in total. The number of hydrogen-bond donors (Lipinski definition) is 0. The Kier molecular flexibility index (Phi) is 11.6. The minimum absolute atomic E-state index is 0.503. The largest absolute Gasteiger partial charge is 0.309 e. The van der Waals surface area contributed by atoms with Crippen LogP contribution in [0.2, 0.25) is 0 Å². The molecule has 0 aliphatic carbocycles. The van der Waals surface area contributed by atoms with Gasteiger partial charge in [-0.3, -0.25) is 4.90 Å². The molecule has 0 fully saturated rings. The molecular weight excluding hydrogens is 851 g/mol. The van der Waals surface area contributed by atoms with Crippen molar-refractivity contribution in [2.45, 2.75) is 41.5 Å². The molecule has 5 nitrogen and oxygen atoms in total. The maximum atomic E-state index is 5.60. The van der Waals surface area contributed by atoms with Crippen molar-refractivity contribution in [1.29, 1.82) is 0 Å². The van der Waals surface area contributed by atoms with E-state index in [1.54, 1.807) is 0 Å². The third kappa shape index (κ3) is 8.26. The van der Waals surface area contributed by atoms with Crippen LogP contribution in [-0.2, 0) is 0 Å². The van der Waals surface area contributed by atoms with Crippen LogP contribution in [0.3, 0.4) is 0 Å². The summed E-state index contributed by atoms with van der Waals surface area (Å²) in [7, 11) is 0. The zero-order valence-electron chi connectivity index (χ0n) is 40.4. The summed E-state index contributed by atoms with van der Waals surface area (Å²) in [5, 5.41) is 4.53. The zero-order valence-corrected chi connectivity index (χ0v) is 40.4. The average Bonchev–Trinajstić information content (AvgIpc) is 3.38. The van der Waals surface area contributed by atoms with Crippen molar-refractivity contribution >= 4 is 55.9 Å². The molecule has 0 saturated heterocycles. The first-order valence-corrected chi connectivity index (χ1v) is 24.0. The summed E-state index contributed by atoms with van der Waals surface area (Å²) in [4.78, 5) is 21.1. The van der Waals surface area contributed by atoms with Crippen molar-refractivity contribution < 1.29 is 0 Å². The second-order valence-electron chi connectivity index (χ2n) is 18.5. The fourth-order valence-electron chi connectivity index (χ4n) is 10.5. The third-order valence-corrected chi connectivity index (χ3v) is 13.4. The number of aromatic nitrogens is 3. The minimum atomic E-state index is 0.503. The first-order valence-electron chi connectivity index (χ1n) is 24.0. The van der Waals surface area contributed by atoms with Gasteiger partial charge in [-0.1, -0.05) is 181 Å². The molecule has 0 aliphatic rings. The predicted octanol–water partition coefficient (Wildman–Crippen LogP) is 17.6. The summed E-state index contributed by atoms with van der Waals surface area (Å²) < 4.78 is 0. The molecule has 0 aliphatic heterocycles. The molecule has 0 bridgehead atoms. The van der Waals surface area contributed by atoms with Crippen LogP contribution in [0.25, 0.3) is 66.6 Å². The van der Waals surface area contributed by atoms with Crippen LogP contribution in [0.5, 0.6) is 0 Å². The van der Waals surface area contributed by atoms with Gasteiger partial charge < -0.3 is 4.90 Å². The Morgan fingerprint density at radius 1 is 0.329 bits per heavy atom. The highest BCUT2D eigenvalue weighted by molar-refractivity contribution is 6.04. The molecule has 0 unspecified atom stereocenters. The van der Waals surface area contributed by atoms with Crippen molar-refractivity contribution in [3.8, 4) is 45.0 Å². The number of anilines is 6. The molecule has 0 amide bonds. The molecule has 0 saturated carbocycles. The summed E-state index contributed by atoms with van der Waals surface area (Å²) in [5.74, 6) is 1.67. The summed E-state index contributed by atoms with van der Waals surface area (Å²) in [6.45, 7) is 13.3. The summed E-state index contributed by atoms with van der Waals surface area (Å²) in [5.41, 5.74) is 18.8. The van der Waals surface area contributed by atoms with Gasteiger partial charge in [-0.25, -0.2) is 4.98 Å². The second kappa shape index (κ2) is 18.4. The molecule has 0 spiro atoms. The van der Waals surface area contributed by atoms with Gasteiger partial charge in [0.2, 0.25) is 5.95 Å². The number of fused-ring (bicyclic) bond motifs is 2. The van der Waals surface area contributed by atoms with Gasteiger partial charge in [-0.15, -0.1) is 0 Å². The standard InChI is InChI=1S/C65H53N5/c1-42-36-44(3)61(45(4)37-42)70(62-46(5)38-43(2)39-47(62)6)55-33-31-54(32-34-55)69(59-41-53-28-17-16-27-52(53)40-58(59)48-20-10-7-11-21-48)65-67-63(51-25-14-9-15-26-51)66-64(68-65)57-35-30-49-22-18-19-29-56(49)60(57)50-23-12-8-13-24-50/h7-41H,1-6H3. The van der Waals surface area contributed by atoms with Gasteiger partial charge >= 0.3 is 0 Å². The molecule has 5 heteroatoms. The topological polar surface area (TPSA) is 45.2 Å². The lowest BCUT2D eigenvalue weighted by atomic mass is 9.93. The molecule has 11 aromatic rings. The Balaban J connectivity index is 1.20.